The largest absolute Gasteiger partial charge is 0.493 e. The van der Waals surface area contributed by atoms with Crippen molar-refractivity contribution in [3.8, 4) is 11.5 Å². The topological polar surface area (TPSA) is 73.9 Å². The highest BCUT2D eigenvalue weighted by Gasteiger charge is 2.36. The average molecular weight is 341 g/mol. The summed E-state index contributed by atoms with van der Waals surface area (Å²) in [5.74, 6) is 0.428. The van der Waals surface area contributed by atoms with Crippen LogP contribution in [0.25, 0.3) is 0 Å². The maximum Gasteiger partial charge on any atom is 0.329 e. The molecule has 0 unspecified atom stereocenters. The van der Waals surface area contributed by atoms with Gasteiger partial charge in [-0.25, -0.2) is 4.79 Å². The van der Waals surface area contributed by atoms with E-state index in [4.69, 9.17) is 14.2 Å². The minimum absolute atomic E-state index is 0.296. The van der Waals surface area contributed by atoms with Crippen LogP contribution in [0.2, 0.25) is 0 Å². The van der Waals surface area contributed by atoms with Crippen LogP contribution >= 0.6 is 0 Å². The van der Waals surface area contributed by atoms with Gasteiger partial charge in [0.1, 0.15) is 12.1 Å². The molecule has 25 heavy (non-hydrogen) atoms. The summed E-state index contributed by atoms with van der Waals surface area (Å²) in [5.41, 5.74) is 1.30. The Morgan fingerprint density at radius 3 is 2.48 bits per heavy atom. The summed E-state index contributed by atoms with van der Waals surface area (Å²) in [5, 5.41) is 2.73. The van der Waals surface area contributed by atoms with Crippen LogP contribution in [0.4, 0.5) is 0 Å². The minimum Gasteiger partial charge on any atom is -0.493 e. The van der Waals surface area contributed by atoms with Gasteiger partial charge in [0.2, 0.25) is 0 Å². The zero-order valence-electron chi connectivity index (χ0n) is 14.0. The van der Waals surface area contributed by atoms with Gasteiger partial charge in [-0.1, -0.05) is 24.3 Å². The van der Waals surface area contributed by atoms with Crippen LogP contribution in [-0.4, -0.2) is 32.1 Å². The number of benzene rings is 2. The second-order valence-electron chi connectivity index (χ2n) is 5.67. The number of methoxy groups -OCH3 is 2. The molecule has 2 aromatic carbocycles. The van der Waals surface area contributed by atoms with Crippen molar-refractivity contribution in [1.82, 2.24) is 5.32 Å². The van der Waals surface area contributed by atoms with E-state index in [1.54, 1.807) is 50.6 Å². The standard InChI is InChI=1S/C19H19NO5/c1-23-15-9-8-13(10-17(15)24-2)16-11-14(19(22)25-16)20-18(21)12-6-4-3-5-7-12/h3-10,14,16H,11H2,1-2H3,(H,20,21)/t14-,16-/m1/s1. The van der Waals surface area contributed by atoms with Gasteiger partial charge in [0.15, 0.2) is 11.5 Å². The number of hydrogen-bond acceptors (Lipinski definition) is 5. The van der Waals surface area contributed by atoms with Gasteiger partial charge >= 0.3 is 5.97 Å². The lowest BCUT2D eigenvalue weighted by Gasteiger charge is -2.13. The van der Waals surface area contributed by atoms with Gasteiger partial charge in [0, 0.05) is 12.0 Å². The van der Waals surface area contributed by atoms with Gasteiger partial charge in [0.05, 0.1) is 14.2 Å². The Morgan fingerprint density at radius 1 is 1.08 bits per heavy atom. The molecule has 0 spiro atoms. The first-order valence-electron chi connectivity index (χ1n) is 7.90. The van der Waals surface area contributed by atoms with Gasteiger partial charge in [-0.2, -0.15) is 0 Å². The van der Waals surface area contributed by atoms with Gasteiger partial charge in [-0.3, -0.25) is 4.79 Å². The molecule has 3 rings (SSSR count). The quantitative estimate of drug-likeness (QED) is 0.846. The summed E-state index contributed by atoms with van der Waals surface area (Å²) >= 11 is 0. The van der Waals surface area contributed by atoms with Gasteiger partial charge in [-0.15, -0.1) is 0 Å². The molecule has 0 radical (unpaired) electrons. The Balaban J connectivity index is 1.71. The highest BCUT2D eigenvalue weighted by atomic mass is 16.6. The average Bonchev–Trinajstić information content (AvgIpc) is 3.02. The van der Waals surface area contributed by atoms with Crippen molar-refractivity contribution in [3.05, 3.63) is 59.7 Å². The van der Waals surface area contributed by atoms with Crippen molar-refractivity contribution in [2.75, 3.05) is 14.2 Å². The summed E-state index contributed by atoms with van der Waals surface area (Å²) in [4.78, 5) is 24.3. The lowest BCUT2D eigenvalue weighted by Crippen LogP contribution is -2.37. The Morgan fingerprint density at radius 2 is 1.80 bits per heavy atom. The van der Waals surface area contributed by atoms with Gasteiger partial charge < -0.3 is 19.5 Å². The molecule has 0 bridgehead atoms. The number of nitrogens with one attached hydrogen (secondary N) is 1. The molecular weight excluding hydrogens is 322 g/mol. The fraction of sp³-hybridized carbons (Fsp3) is 0.263. The summed E-state index contributed by atoms with van der Waals surface area (Å²) in [6.07, 6.45) is -0.0687. The summed E-state index contributed by atoms with van der Waals surface area (Å²) in [6, 6.07) is 13.4. The molecule has 1 aliphatic heterocycles. The van der Waals surface area contributed by atoms with Crippen LogP contribution in [0.5, 0.6) is 11.5 Å². The minimum atomic E-state index is -0.675. The summed E-state index contributed by atoms with van der Waals surface area (Å²) in [7, 11) is 3.10. The predicted molar refractivity (Wildman–Crippen MR) is 90.7 cm³/mol. The van der Waals surface area contributed by atoms with E-state index < -0.39 is 18.1 Å². The first-order valence-corrected chi connectivity index (χ1v) is 7.90. The van der Waals surface area contributed by atoms with Crippen LogP contribution in [0.1, 0.15) is 28.4 Å². The van der Waals surface area contributed by atoms with Crippen molar-refractivity contribution in [2.45, 2.75) is 18.6 Å². The van der Waals surface area contributed by atoms with E-state index in [0.29, 0.717) is 23.5 Å². The number of ether oxygens (including phenoxy) is 3. The van der Waals surface area contributed by atoms with E-state index >= 15 is 0 Å². The number of esters is 1. The number of hydrogen-bond donors (Lipinski definition) is 1. The normalized spacial score (nSPS) is 19.2. The van der Waals surface area contributed by atoms with Crippen LogP contribution in [0.15, 0.2) is 48.5 Å². The monoisotopic (exact) mass is 341 g/mol. The SMILES string of the molecule is COc1ccc([C@H]2C[C@@H](NC(=O)c3ccccc3)C(=O)O2)cc1OC. The molecule has 0 aliphatic carbocycles. The number of carbonyl (C=O) groups excluding carboxylic acids is 2. The van der Waals surface area contributed by atoms with E-state index in [9.17, 15) is 9.59 Å². The molecule has 6 nitrogen and oxygen atoms in total. The van der Waals surface area contributed by atoms with Gasteiger partial charge in [-0.05, 0) is 29.8 Å². The zero-order valence-corrected chi connectivity index (χ0v) is 14.0. The molecule has 2 aromatic rings. The van der Waals surface area contributed by atoms with Crippen molar-refractivity contribution in [3.63, 3.8) is 0 Å². The zero-order chi connectivity index (χ0) is 17.8. The molecule has 6 heteroatoms. The highest BCUT2D eigenvalue weighted by molar-refractivity contribution is 5.97. The molecule has 0 saturated carbocycles. The Bertz CT molecular complexity index is 775. The highest BCUT2D eigenvalue weighted by Crippen LogP contribution is 2.35. The fourth-order valence-electron chi connectivity index (χ4n) is 2.79. The molecule has 1 saturated heterocycles. The molecule has 1 amide bonds. The second-order valence-corrected chi connectivity index (χ2v) is 5.67. The molecular formula is C19H19NO5. The Kier molecular flexibility index (Phi) is 4.88. The van der Waals surface area contributed by atoms with Crippen LogP contribution in [-0.2, 0) is 9.53 Å². The third-order valence-electron chi connectivity index (χ3n) is 4.11. The number of amides is 1. The number of rotatable bonds is 5. The Labute approximate surface area is 145 Å². The molecule has 0 aromatic heterocycles. The second kappa shape index (κ2) is 7.25. The van der Waals surface area contributed by atoms with E-state index in [2.05, 4.69) is 5.32 Å². The first kappa shape index (κ1) is 16.8. The van der Waals surface area contributed by atoms with E-state index in [1.807, 2.05) is 12.1 Å². The maximum absolute atomic E-state index is 12.2. The lowest BCUT2D eigenvalue weighted by molar-refractivity contribution is -0.143. The van der Waals surface area contributed by atoms with Crippen LogP contribution in [0.3, 0.4) is 0 Å². The van der Waals surface area contributed by atoms with E-state index in [-0.39, 0.29) is 5.91 Å². The van der Waals surface area contributed by atoms with Crippen LogP contribution in [0, 0.1) is 0 Å². The predicted octanol–water partition coefficient (Wildman–Crippen LogP) is 2.49. The molecule has 2 atom stereocenters. The third kappa shape index (κ3) is 3.57. The maximum atomic E-state index is 12.2. The Hall–Kier alpha value is -3.02. The number of carbonyl (C=O) groups is 2. The van der Waals surface area contributed by atoms with Crippen LogP contribution < -0.4 is 14.8 Å². The fourth-order valence-corrected chi connectivity index (χ4v) is 2.79. The van der Waals surface area contributed by atoms with Crippen molar-refractivity contribution in [2.24, 2.45) is 0 Å². The van der Waals surface area contributed by atoms with E-state index in [0.717, 1.165) is 5.56 Å². The molecule has 1 heterocycles. The third-order valence-corrected chi connectivity index (χ3v) is 4.11. The summed E-state index contributed by atoms with van der Waals surface area (Å²) < 4.78 is 15.9. The van der Waals surface area contributed by atoms with Crippen molar-refractivity contribution < 1.29 is 23.8 Å². The lowest BCUT2D eigenvalue weighted by atomic mass is 10.0. The molecule has 1 fully saturated rings. The van der Waals surface area contributed by atoms with Crippen molar-refractivity contribution in [1.29, 1.82) is 0 Å². The summed E-state index contributed by atoms with van der Waals surface area (Å²) in [6.45, 7) is 0. The molecule has 1 aliphatic rings. The van der Waals surface area contributed by atoms with E-state index in [1.165, 1.54) is 0 Å². The number of cyclic esters (lactones) is 1. The molecule has 130 valence electrons. The van der Waals surface area contributed by atoms with Gasteiger partial charge in [0.25, 0.3) is 5.91 Å². The smallest absolute Gasteiger partial charge is 0.329 e. The first-order chi connectivity index (χ1) is 12.1. The van der Waals surface area contributed by atoms with Crippen molar-refractivity contribution >= 4 is 11.9 Å². The molecule has 1 N–H and O–H groups in total.